The molecule has 7 heteroatoms. The highest BCUT2D eigenvalue weighted by molar-refractivity contribution is 5.61. The Balaban J connectivity index is 1.46. The lowest BCUT2D eigenvalue weighted by Crippen LogP contribution is -2.22. The first-order valence-corrected chi connectivity index (χ1v) is 5.21. The van der Waals surface area contributed by atoms with E-state index in [1.807, 2.05) is 0 Å². The molecule has 17 heavy (non-hydrogen) atoms. The average Bonchev–Trinajstić information content (AvgIpc) is 2.88. The summed E-state index contributed by atoms with van der Waals surface area (Å²) >= 11 is 0. The summed E-state index contributed by atoms with van der Waals surface area (Å²) in [6.07, 6.45) is -1.15. The highest BCUT2D eigenvalue weighted by Gasteiger charge is 2.25. The molecule has 2 atom stereocenters. The van der Waals surface area contributed by atoms with E-state index in [2.05, 4.69) is 11.3 Å². The van der Waals surface area contributed by atoms with Gasteiger partial charge in [-0.15, -0.1) is 0 Å². The standard InChI is InChI=1S/C10H14O7/c1-7-14-4-8(16-7)2-12-6-13-3-9-5-15-10(11)17-9/h8-9H,1-6H2. The van der Waals surface area contributed by atoms with Crippen LogP contribution in [0.2, 0.25) is 0 Å². The number of carbonyl (C=O) groups excluding carboxylic acids is 1. The smallest absolute Gasteiger partial charge is 0.462 e. The second kappa shape index (κ2) is 5.74. The molecule has 2 heterocycles. The van der Waals surface area contributed by atoms with E-state index in [0.717, 1.165) is 0 Å². The van der Waals surface area contributed by atoms with Crippen molar-refractivity contribution in [2.24, 2.45) is 0 Å². The van der Waals surface area contributed by atoms with E-state index >= 15 is 0 Å². The molecular formula is C10H14O7. The van der Waals surface area contributed by atoms with Crippen LogP contribution in [0.3, 0.4) is 0 Å². The van der Waals surface area contributed by atoms with E-state index in [9.17, 15) is 4.79 Å². The lowest BCUT2D eigenvalue weighted by atomic mass is 10.4. The third-order valence-corrected chi connectivity index (χ3v) is 2.15. The lowest BCUT2D eigenvalue weighted by Gasteiger charge is -2.10. The first-order valence-electron chi connectivity index (χ1n) is 5.21. The van der Waals surface area contributed by atoms with E-state index in [0.29, 0.717) is 19.2 Å². The summed E-state index contributed by atoms with van der Waals surface area (Å²) in [5.41, 5.74) is 0. The number of hydrogen-bond acceptors (Lipinski definition) is 7. The number of cyclic esters (lactones) is 2. The summed E-state index contributed by atoms with van der Waals surface area (Å²) in [6.45, 7) is 4.88. The van der Waals surface area contributed by atoms with Gasteiger partial charge < -0.3 is 28.4 Å². The van der Waals surface area contributed by atoms with Crippen LogP contribution < -0.4 is 0 Å². The molecule has 0 aromatic carbocycles. The van der Waals surface area contributed by atoms with Crippen LogP contribution in [-0.4, -0.2) is 51.6 Å². The fourth-order valence-corrected chi connectivity index (χ4v) is 1.39. The summed E-state index contributed by atoms with van der Waals surface area (Å²) in [5, 5.41) is 0. The zero-order valence-electron chi connectivity index (χ0n) is 9.26. The Hall–Kier alpha value is -1.47. The molecule has 7 nitrogen and oxygen atoms in total. The van der Waals surface area contributed by atoms with Gasteiger partial charge in [-0.25, -0.2) is 4.79 Å². The van der Waals surface area contributed by atoms with Gasteiger partial charge >= 0.3 is 6.16 Å². The first-order chi connectivity index (χ1) is 8.24. The van der Waals surface area contributed by atoms with Gasteiger partial charge in [-0.3, -0.25) is 0 Å². The van der Waals surface area contributed by atoms with Crippen LogP contribution in [-0.2, 0) is 28.4 Å². The predicted molar refractivity (Wildman–Crippen MR) is 53.0 cm³/mol. The molecule has 0 saturated carbocycles. The molecule has 0 N–H and O–H groups in total. The minimum Gasteiger partial charge on any atom is -0.462 e. The summed E-state index contributed by atoms with van der Waals surface area (Å²) < 4.78 is 29.9. The van der Waals surface area contributed by atoms with Gasteiger partial charge in [-0.05, 0) is 6.58 Å². The number of carbonyl (C=O) groups is 1. The third kappa shape index (κ3) is 3.79. The maximum atomic E-state index is 10.6. The Morgan fingerprint density at radius 1 is 1.12 bits per heavy atom. The zero-order chi connectivity index (χ0) is 12.1. The van der Waals surface area contributed by atoms with Crippen LogP contribution in [0.25, 0.3) is 0 Å². The number of ether oxygens (including phenoxy) is 6. The lowest BCUT2D eigenvalue weighted by molar-refractivity contribution is -0.0910. The van der Waals surface area contributed by atoms with Crippen LogP contribution in [0, 0.1) is 0 Å². The van der Waals surface area contributed by atoms with Crippen molar-refractivity contribution in [1.29, 1.82) is 0 Å². The summed E-state index contributed by atoms with van der Waals surface area (Å²) in [7, 11) is 0. The molecule has 0 aromatic rings. The van der Waals surface area contributed by atoms with Crippen LogP contribution >= 0.6 is 0 Å². The molecule has 0 bridgehead atoms. The van der Waals surface area contributed by atoms with E-state index in [1.165, 1.54) is 0 Å². The van der Waals surface area contributed by atoms with Crippen molar-refractivity contribution < 1.29 is 33.2 Å². The Kier molecular flexibility index (Phi) is 4.05. The largest absolute Gasteiger partial charge is 0.508 e. The molecule has 2 unspecified atom stereocenters. The second-order valence-electron chi connectivity index (χ2n) is 3.58. The molecule has 0 aromatic heterocycles. The molecule has 0 aliphatic carbocycles. The highest BCUT2D eigenvalue weighted by Crippen LogP contribution is 2.12. The van der Waals surface area contributed by atoms with Crippen molar-refractivity contribution in [3.05, 3.63) is 12.5 Å². The Labute approximate surface area is 98.2 Å². The maximum absolute atomic E-state index is 10.6. The van der Waals surface area contributed by atoms with Crippen molar-refractivity contribution in [2.75, 3.05) is 33.2 Å². The topological polar surface area (TPSA) is 72.5 Å². The monoisotopic (exact) mass is 246 g/mol. The van der Waals surface area contributed by atoms with Crippen LogP contribution in [0.5, 0.6) is 0 Å². The fourth-order valence-electron chi connectivity index (χ4n) is 1.39. The Morgan fingerprint density at radius 3 is 2.29 bits per heavy atom. The van der Waals surface area contributed by atoms with Gasteiger partial charge in [-0.1, -0.05) is 0 Å². The highest BCUT2D eigenvalue weighted by atomic mass is 16.8. The number of hydrogen-bond donors (Lipinski definition) is 0. The summed E-state index contributed by atoms with van der Waals surface area (Å²) in [6, 6.07) is 0. The van der Waals surface area contributed by atoms with Gasteiger partial charge in [0.25, 0.3) is 5.95 Å². The zero-order valence-corrected chi connectivity index (χ0v) is 9.26. The van der Waals surface area contributed by atoms with Gasteiger partial charge in [0.1, 0.15) is 20.0 Å². The van der Waals surface area contributed by atoms with Crippen molar-refractivity contribution in [1.82, 2.24) is 0 Å². The molecule has 2 aliphatic heterocycles. The number of rotatable bonds is 6. The molecule has 96 valence electrons. The van der Waals surface area contributed by atoms with Gasteiger partial charge in [-0.2, -0.15) is 0 Å². The molecule has 2 saturated heterocycles. The van der Waals surface area contributed by atoms with Gasteiger partial charge in [0.05, 0.1) is 13.2 Å². The quantitative estimate of drug-likeness (QED) is 0.381. The van der Waals surface area contributed by atoms with Crippen LogP contribution in [0.4, 0.5) is 4.79 Å². The van der Waals surface area contributed by atoms with E-state index in [4.69, 9.17) is 23.7 Å². The SMILES string of the molecule is C=C1OCC(COCOCC2COC(=O)O2)O1. The van der Waals surface area contributed by atoms with Gasteiger partial charge in [0.15, 0.2) is 12.2 Å². The maximum Gasteiger partial charge on any atom is 0.508 e. The fraction of sp³-hybridized carbons (Fsp3) is 0.700. The van der Waals surface area contributed by atoms with E-state index < -0.39 is 6.16 Å². The van der Waals surface area contributed by atoms with E-state index in [1.54, 1.807) is 0 Å². The van der Waals surface area contributed by atoms with Crippen molar-refractivity contribution in [3.63, 3.8) is 0 Å². The molecule has 0 amide bonds. The average molecular weight is 246 g/mol. The van der Waals surface area contributed by atoms with Crippen molar-refractivity contribution in [3.8, 4) is 0 Å². The van der Waals surface area contributed by atoms with Gasteiger partial charge in [0.2, 0.25) is 0 Å². The molecule has 0 radical (unpaired) electrons. The minimum absolute atomic E-state index is 0.0976. The Bertz CT molecular complexity index is 262. The normalized spacial score (nSPS) is 27.3. The summed E-state index contributed by atoms with van der Waals surface area (Å²) in [5.74, 6) is 0.314. The van der Waals surface area contributed by atoms with Crippen LogP contribution in [0.15, 0.2) is 12.5 Å². The molecule has 2 rings (SSSR count). The van der Waals surface area contributed by atoms with E-state index in [-0.39, 0.29) is 32.2 Å². The molecule has 2 aliphatic rings. The first kappa shape index (κ1) is 12.0. The summed E-state index contributed by atoms with van der Waals surface area (Å²) in [4.78, 5) is 10.6. The predicted octanol–water partition coefficient (Wildman–Crippen LogP) is 0.399. The molecule has 2 fully saturated rings. The van der Waals surface area contributed by atoms with Crippen molar-refractivity contribution >= 4 is 6.16 Å². The van der Waals surface area contributed by atoms with Crippen LogP contribution in [0.1, 0.15) is 0 Å². The molecular weight excluding hydrogens is 232 g/mol. The third-order valence-electron chi connectivity index (χ3n) is 2.15. The Morgan fingerprint density at radius 2 is 1.76 bits per heavy atom. The minimum atomic E-state index is -0.658. The second-order valence-corrected chi connectivity index (χ2v) is 3.58. The molecule has 0 spiro atoms. The van der Waals surface area contributed by atoms with Gasteiger partial charge in [0, 0.05) is 0 Å². The van der Waals surface area contributed by atoms with Crippen molar-refractivity contribution in [2.45, 2.75) is 12.2 Å².